The highest BCUT2D eigenvalue weighted by molar-refractivity contribution is 6.35. The predicted molar refractivity (Wildman–Crippen MR) is 84.0 cm³/mol. The highest BCUT2D eigenvalue weighted by atomic mass is 35.5. The van der Waals surface area contributed by atoms with Crippen molar-refractivity contribution in [1.29, 1.82) is 0 Å². The molecule has 0 aromatic heterocycles. The Morgan fingerprint density at radius 3 is 2.57 bits per heavy atom. The number of carboxylic acids is 1. The number of carbonyl (C=O) groups is 2. The van der Waals surface area contributed by atoms with Crippen molar-refractivity contribution in [3.63, 3.8) is 0 Å². The molecule has 7 heteroatoms. The minimum absolute atomic E-state index is 0.131. The van der Waals surface area contributed by atoms with E-state index in [9.17, 15) is 9.59 Å². The van der Waals surface area contributed by atoms with Crippen LogP contribution < -0.4 is 10.6 Å². The molecule has 0 heterocycles. The third-order valence-electron chi connectivity index (χ3n) is 3.25. The Kier molecular flexibility index (Phi) is 6.45. The van der Waals surface area contributed by atoms with Gasteiger partial charge < -0.3 is 15.7 Å². The van der Waals surface area contributed by atoms with Crippen molar-refractivity contribution in [3.8, 4) is 0 Å². The van der Waals surface area contributed by atoms with Gasteiger partial charge in [-0.15, -0.1) is 0 Å². The van der Waals surface area contributed by atoms with E-state index >= 15 is 0 Å². The highest BCUT2D eigenvalue weighted by Gasteiger charge is 2.30. The molecule has 1 atom stereocenters. The van der Waals surface area contributed by atoms with Gasteiger partial charge in [-0.25, -0.2) is 0 Å². The fourth-order valence-electron chi connectivity index (χ4n) is 1.61. The summed E-state index contributed by atoms with van der Waals surface area (Å²) in [4.78, 5) is 22.9. The molecule has 0 fully saturated rings. The van der Waals surface area contributed by atoms with Crippen LogP contribution in [0, 0.1) is 0 Å². The van der Waals surface area contributed by atoms with E-state index in [1.807, 2.05) is 0 Å². The molecule has 3 N–H and O–H groups in total. The van der Waals surface area contributed by atoms with E-state index in [-0.39, 0.29) is 18.9 Å². The number of hydrogen-bond donors (Lipinski definition) is 3. The maximum absolute atomic E-state index is 11.8. The smallest absolute Gasteiger partial charge is 0.323 e. The molecule has 0 saturated heterocycles. The Hall–Kier alpha value is -1.30. The van der Waals surface area contributed by atoms with E-state index < -0.39 is 11.5 Å². The summed E-state index contributed by atoms with van der Waals surface area (Å²) in [5, 5.41) is 15.5. The monoisotopic (exact) mass is 332 g/mol. The van der Waals surface area contributed by atoms with Crippen molar-refractivity contribution in [1.82, 2.24) is 5.32 Å². The van der Waals surface area contributed by atoms with Crippen molar-refractivity contribution in [2.24, 2.45) is 0 Å². The Labute approximate surface area is 133 Å². The lowest BCUT2D eigenvalue weighted by Gasteiger charge is -2.24. The van der Waals surface area contributed by atoms with Gasteiger partial charge in [0.1, 0.15) is 5.54 Å². The zero-order valence-corrected chi connectivity index (χ0v) is 13.4. The average Bonchev–Trinajstić information content (AvgIpc) is 2.42. The summed E-state index contributed by atoms with van der Waals surface area (Å²) in [5.74, 6) is -1.21. The molecule has 0 saturated carbocycles. The van der Waals surface area contributed by atoms with Gasteiger partial charge in [-0.1, -0.05) is 30.1 Å². The second kappa shape index (κ2) is 7.64. The summed E-state index contributed by atoms with van der Waals surface area (Å²) in [6.07, 6.45) is 0.551. The first-order chi connectivity index (χ1) is 9.78. The summed E-state index contributed by atoms with van der Waals surface area (Å²) < 4.78 is 0. The van der Waals surface area contributed by atoms with Gasteiger partial charge in [-0.2, -0.15) is 0 Å². The second-order valence-electron chi connectivity index (χ2n) is 4.84. The van der Waals surface area contributed by atoms with Crippen LogP contribution in [0.4, 0.5) is 5.69 Å². The van der Waals surface area contributed by atoms with Gasteiger partial charge in [-0.05, 0) is 31.5 Å². The largest absolute Gasteiger partial charge is 0.480 e. The zero-order valence-electron chi connectivity index (χ0n) is 11.9. The Bertz CT molecular complexity index is 537. The van der Waals surface area contributed by atoms with Crippen molar-refractivity contribution in [2.75, 3.05) is 11.9 Å². The SMILES string of the molecule is CCC(C)(NCCC(=O)Nc1cc(Cl)ccc1Cl)C(=O)O. The van der Waals surface area contributed by atoms with E-state index in [1.54, 1.807) is 32.0 Å². The Morgan fingerprint density at radius 2 is 2.00 bits per heavy atom. The number of aliphatic carboxylic acids is 1. The fraction of sp³-hybridized carbons (Fsp3) is 0.429. The van der Waals surface area contributed by atoms with E-state index in [0.29, 0.717) is 22.2 Å². The molecule has 1 unspecified atom stereocenters. The summed E-state index contributed by atoms with van der Waals surface area (Å²) in [5.41, 5.74) is -0.598. The third-order valence-corrected chi connectivity index (χ3v) is 3.81. The molecule has 5 nitrogen and oxygen atoms in total. The maximum atomic E-state index is 11.8. The lowest BCUT2D eigenvalue weighted by molar-refractivity contribution is -0.144. The molecule has 1 amide bonds. The number of amides is 1. The molecular formula is C14H18Cl2N2O3. The Balaban J connectivity index is 2.52. The first-order valence-electron chi connectivity index (χ1n) is 6.52. The molecule has 21 heavy (non-hydrogen) atoms. The van der Waals surface area contributed by atoms with Crippen LogP contribution in [0.25, 0.3) is 0 Å². The molecule has 0 radical (unpaired) electrons. The average molecular weight is 333 g/mol. The number of nitrogens with one attached hydrogen (secondary N) is 2. The van der Waals surface area contributed by atoms with Gasteiger partial charge in [0.05, 0.1) is 10.7 Å². The lowest BCUT2D eigenvalue weighted by Crippen LogP contribution is -2.49. The summed E-state index contributed by atoms with van der Waals surface area (Å²) in [6, 6.07) is 4.78. The summed E-state index contributed by atoms with van der Waals surface area (Å²) in [6.45, 7) is 3.61. The molecule has 1 rings (SSSR count). The third kappa shape index (κ3) is 5.19. The van der Waals surface area contributed by atoms with Gasteiger partial charge in [0.25, 0.3) is 0 Å². The Morgan fingerprint density at radius 1 is 1.33 bits per heavy atom. The minimum Gasteiger partial charge on any atom is -0.480 e. The maximum Gasteiger partial charge on any atom is 0.323 e. The van der Waals surface area contributed by atoms with Crippen molar-refractivity contribution in [3.05, 3.63) is 28.2 Å². The van der Waals surface area contributed by atoms with Crippen LogP contribution in [0.3, 0.4) is 0 Å². The van der Waals surface area contributed by atoms with E-state index in [0.717, 1.165) is 0 Å². The number of rotatable bonds is 7. The van der Waals surface area contributed by atoms with Crippen LogP contribution in [0.5, 0.6) is 0 Å². The van der Waals surface area contributed by atoms with Crippen LogP contribution in [0.1, 0.15) is 26.7 Å². The lowest BCUT2D eigenvalue weighted by atomic mass is 9.99. The molecule has 0 spiro atoms. The molecule has 1 aromatic rings. The number of carbonyl (C=O) groups excluding carboxylic acids is 1. The molecule has 116 valence electrons. The molecule has 1 aromatic carbocycles. The molecule has 0 bridgehead atoms. The van der Waals surface area contributed by atoms with Crippen LogP contribution in [-0.4, -0.2) is 29.1 Å². The van der Waals surface area contributed by atoms with Crippen molar-refractivity contribution < 1.29 is 14.7 Å². The molecule has 0 aliphatic carbocycles. The summed E-state index contributed by atoms with van der Waals surface area (Å²) in [7, 11) is 0. The van der Waals surface area contributed by atoms with E-state index in [2.05, 4.69) is 10.6 Å². The normalized spacial score (nSPS) is 13.5. The van der Waals surface area contributed by atoms with Gasteiger partial charge >= 0.3 is 5.97 Å². The second-order valence-corrected chi connectivity index (χ2v) is 5.68. The fourth-order valence-corrected chi connectivity index (χ4v) is 1.95. The van der Waals surface area contributed by atoms with Gasteiger partial charge in [0.15, 0.2) is 0 Å². The number of hydrogen-bond acceptors (Lipinski definition) is 3. The van der Waals surface area contributed by atoms with Gasteiger partial charge in [0.2, 0.25) is 5.91 Å². The van der Waals surface area contributed by atoms with Crippen molar-refractivity contribution in [2.45, 2.75) is 32.2 Å². The van der Waals surface area contributed by atoms with Crippen LogP contribution in [-0.2, 0) is 9.59 Å². The number of anilines is 1. The first-order valence-corrected chi connectivity index (χ1v) is 7.27. The topological polar surface area (TPSA) is 78.4 Å². The van der Waals surface area contributed by atoms with Crippen LogP contribution in [0.2, 0.25) is 10.0 Å². The molecule has 0 aliphatic heterocycles. The minimum atomic E-state index is -1.03. The zero-order chi connectivity index (χ0) is 16.0. The van der Waals surface area contributed by atoms with Crippen LogP contribution in [0.15, 0.2) is 18.2 Å². The number of halogens is 2. The number of benzene rings is 1. The van der Waals surface area contributed by atoms with E-state index in [1.165, 1.54) is 0 Å². The van der Waals surface area contributed by atoms with Crippen LogP contribution >= 0.6 is 23.2 Å². The highest BCUT2D eigenvalue weighted by Crippen LogP contribution is 2.25. The molecule has 0 aliphatic rings. The van der Waals surface area contributed by atoms with E-state index in [4.69, 9.17) is 28.3 Å². The molecular weight excluding hydrogens is 315 g/mol. The predicted octanol–water partition coefficient (Wildman–Crippen LogP) is 3.16. The van der Waals surface area contributed by atoms with Crippen molar-refractivity contribution >= 4 is 40.8 Å². The number of carboxylic acid groups (broad SMARTS) is 1. The van der Waals surface area contributed by atoms with Gasteiger partial charge in [-0.3, -0.25) is 9.59 Å². The first kappa shape index (κ1) is 17.8. The quantitative estimate of drug-likeness (QED) is 0.716. The van der Waals surface area contributed by atoms with Gasteiger partial charge in [0, 0.05) is 18.0 Å². The summed E-state index contributed by atoms with van der Waals surface area (Å²) >= 11 is 11.8. The standard InChI is InChI=1S/C14H18Cl2N2O3/c1-3-14(2,13(20)21)17-7-6-12(19)18-11-8-9(15)4-5-10(11)16/h4-5,8,17H,3,6-7H2,1-2H3,(H,18,19)(H,20,21).